The molecule has 0 aliphatic rings. The van der Waals surface area contributed by atoms with E-state index in [4.69, 9.17) is 10.3 Å². The van der Waals surface area contributed by atoms with Gasteiger partial charge in [-0.25, -0.2) is 5.43 Å². The minimum Gasteiger partial charge on any atom is -0.458 e. The van der Waals surface area contributed by atoms with Crippen LogP contribution in [0.5, 0.6) is 0 Å². The van der Waals surface area contributed by atoms with Crippen LogP contribution < -0.4 is 11.3 Å². The van der Waals surface area contributed by atoms with E-state index in [2.05, 4.69) is 40.4 Å². The van der Waals surface area contributed by atoms with Crippen LogP contribution in [0.1, 0.15) is 21.6 Å². The summed E-state index contributed by atoms with van der Waals surface area (Å²) in [6.07, 6.45) is 0. The molecule has 0 saturated heterocycles. The monoisotopic (exact) mass is 336 g/mol. The van der Waals surface area contributed by atoms with Gasteiger partial charge < -0.3 is 4.42 Å². The van der Waals surface area contributed by atoms with Crippen molar-refractivity contribution >= 4 is 38.2 Å². The van der Waals surface area contributed by atoms with Gasteiger partial charge in [-0.1, -0.05) is 12.1 Å². The van der Waals surface area contributed by atoms with E-state index >= 15 is 0 Å². The van der Waals surface area contributed by atoms with Crippen LogP contribution in [0.3, 0.4) is 0 Å². The number of hydrogen-bond donors (Lipinski definition) is 2. The SMILES string of the molecule is Cc1ccc(C(NN)c2cc3cccc(Br)c3o2)s1. The molecule has 0 fully saturated rings. The van der Waals surface area contributed by atoms with Crippen molar-refractivity contribution < 1.29 is 4.42 Å². The predicted molar refractivity (Wildman–Crippen MR) is 82.1 cm³/mol. The smallest absolute Gasteiger partial charge is 0.148 e. The highest BCUT2D eigenvalue weighted by atomic mass is 79.9. The Morgan fingerprint density at radius 2 is 2.16 bits per heavy atom. The van der Waals surface area contributed by atoms with Crippen molar-refractivity contribution in [3.8, 4) is 0 Å². The second kappa shape index (κ2) is 5.09. The number of halogens is 1. The van der Waals surface area contributed by atoms with Crippen molar-refractivity contribution in [3.63, 3.8) is 0 Å². The number of rotatable bonds is 3. The normalized spacial score (nSPS) is 13.0. The number of hydrogen-bond acceptors (Lipinski definition) is 4. The van der Waals surface area contributed by atoms with E-state index in [0.717, 1.165) is 26.1 Å². The lowest BCUT2D eigenvalue weighted by Crippen LogP contribution is -2.27. The van der Waals surface area contributed by atoms with Crippen LogP contribution in [-0.4, -0.2) is 0 Å². The zero-order valence-electron chi connectivity index (χ0n) is 10.3. The highest BCUT2D eigenvalue weighted by Gasteiger charge is 2.19. The standard InChI is InChI=1S/C14H13BrN2OS/c1-8-5-6-12(19-8)13(17-16)11-7-9-3-2-4-10(15)14(9)18-11/h2-7,13,17H,16H2,1H3. The molecule has 98 valence electrons. The molecule has 3 N–H and O–H groups in total. The van der Waals surface area contributed by atoms with Crippen molar-refractivity contribution in [1.29, 1.82) is 0 Å². The molecule has 0 aliphatic heterocycles. The Balaban J connectivity index is 2.09. The first-order valence-corrected chi connectivity index (χ1v) is 7.50. The molecular weight excluding hydrogens is 324 g/mol. The molecule has 19 heavy (non-hydrogen) atoms. The van der Waals surface area contributed by atoms with Gasteiger partial charge in [0.25, 0.3) is 0 Å². The molecule has 2 aromatic heterocycles. The molecule has 2 heterocycles. The molecule has 0 bridgehead atoms. The number of aryl methyl sites for hydroxylation is 1. The Hall–Kier alpha value is -1.14. The third kappa shape index (κ3) is 2.34. The summed E-state index contributed by atoms with van der Waals surface area (Å²) in [6, 6.07) is 12.1. The Morgan fingerprint density at radius 3 is 2.79 bits per heavy atom. The lowest BCUT2D eigenvalue weighted by Gasteiger charge is -2.10. The Morgan fingerprint density at radius 1 is 1.32 bits per heavy atom. The van der Waals surface area contributed by atoms with Crippen LogP contribution in [0.15, 0.2) is 45.3 Å². The maximum Gasteiger partial charge on any atom is 0.148 e. The molecular formula is C14H13BrN2OS. The Bertz CT molecular complexity index is 719. The van der Waals surface area contributed by atoms with Crippen molar-refractivity contribution in [2.75, 3.05) is 0 Å². The average molecular weight is 337 g/mol. The summed E-state index contributed by atoms with van der Waals surface area (Å²) in [6.45, 7) is 2.08. The van der Waals surface area contributed by atoms with Gasteiger partial charge in [-0.15, -0.1) is 11.3 Å². The summed E-state index contributed by atoms with van der Waals surface area (Å²) < 4.78 is 6.89. The van der Waals surface area contributed by atoms with Gasteiger partial charge in [0, 0.05) is 15.1 Å². The average Bonchev–Trinajstić information content (AvgIpc) is 2.98. The Kier molecular flexibility index (Phi) is 3.45. The number of furan rings is 1. The van der Waals surface area contributed by atoms with Crippen molar-refractivity contribution in [2.45, 2.75) is 13.0 Å². The van der Waals surface area contributed by atoms with Gasteiger partial charge in [-0.2, -0.15) is 0 Å². The minimum absolute atomic E-state index is 0.113. The van der Waals surface area contributed by atoms with Crippen molar-refractivity contribution in [2.24, 2.45) is 5.84 Å². The number of fused-ring (bicyclic) bond motifs is 1. The molecule has 0 radical (unpaired) electrons. The summed E-state index contributed by atoms with van der Waals surface area (Å²) in [7, 11) is 0. The van der Waals surface area contributed by atoms with Gasteiger partial charge in [0.2, 0.25) is 0 Å². The molecule has 0 saturated carbocycles. The van der Waals surface area contributed by atoms with Crippen molar-refractivity contribution in [1.82, 2.24) is 5.43 Å². The minimum atomic E-state index is -0.113. The van der Waals surface area contributed by atoms with Crippen LogP contribution in [0.4, 0.5) is 0 Å². The topological polar surface area (TPSA) is 51.2 Å². The fraction of sp³-hybridized carbons (Fsp3) is 0.143. The molecule has 0 amide bonds. The van der Waals surface area contributed by atoms with E-state index in [0.29, 0.717) is 0 Å². The Labute approximate surface area is 123 Å². The second-order valence-electron chi connectivity index (χ2n) is 4.36. The summed E-state index contributed by atoms with van der Waals surface area (Å²) in [5.41, 5.74) is 3.68. The lowest BCUT2D eigenvalue weighted by atomic mass is 10.2. The van der Waals surface area contributed by atoms with Crippen molar-refractivity contribution in [3.05, 3.63) is 56.4 Å². The lowest BCUT2D eigenvalue weighted by molar-refractivity contribution is 0.480. The maximum atomic E-state index is 5.93. The van der Waals surface area contributed by atoms with E-state index in [1.54, 1.807) is 11.3 Å². The van der Waals surface area contributed by atoms with Crippen LogP contribution >= 0.6 is 27.3 Å². The summed E-state index contributed by atoms with van der Waals surface area (Å²) in [4.78, 5) is 2.41. The second-order valence-corrected chi connectivity index (χ2v) is 6.53. The zero-order chi connectivity index (χ0) is 13.4. The number of hydrazine groups is 1. The maximum absolute atomic E-state index is 5.93. The number of nitrogens with two attached hydrogens (primary N) is 1. The van der Waals surface area contributed by atoms with Crippen LogP contribution in [0, 0.1) is 6.92 Å². The summed E-state index contributed by atoms with van der Waals surface area (Å²) in [5, 5.41) is 1.07. The molecule has 1 atom stereocenters. The summed E-state index contributed by atoms with van der Waals surface area (Å²) in [5.74, 6) is 6.52. The van der Waals surface area contributed by atoms with Gasteiger partial charge in [0.05, 0.1) is 4.47 Å². The third-order valence-electron chi connectivity index (χ3n) is 3.01. The van der Waals surface area contributed by atoms with Gasteiger partial charge >= 0.3 is 0 Å². The highest BCUT2D eigenvalue weighted by molar-refractivity contribution is 9.10. The first kappa shape index (κ1) is 12.9. The molecule has 0 aliphatic carbocycles. The quantitative estimate of drug-likeness (QED) is 0.558. The van der Waals surface area contributed by atoms with Gasteiger partial charge in [-0.3, -0.25) is 5.84 Å². The van der Waals surface area contributed by atoms with Gasteiger partial charge in [0.1, 0.15) is 17.4 Å². The zero-order valence-corrected chi connectivity index (χ0v) is 12.7. The number of thiophene rings is 1. The van der Waals surface area contributed by atoms with E-state index < -0.39 is 0 Å². The largest absolute Gasteiger partial charge is 0.458 e. The fourth-order valence-corrected chi connectivity index (χ4v) is 3.51. The summed E-state index contributed by atoms with van der Waals surface area (Å²) >= 11 is 5.21. The van der Waals surface area contributed by atoms with E-state index in [1.807, 2.05) is 24.3 Å². The van der Waals surface area contributed by atoms with Crippen LogP contribution in [-0.2, 0) is 0 Å². The molecule has 0 spiro atoms. The van der Waals surface area contributed by atoms with Crippen LogP contribution in [0.25, 0.3) is 11.0 Å². The first-order chi connectivity index (χ1) is 9.19. The van der Waals surface area contributed by atoms with Crippen LogP contribution in [0.2, 0.25) is 0 Å². The molecule has 3 nitrogen and oxygen atoms in total. The van der Waals surface area contributed by atoms with E-state index in [1.165, 1.54) is 4.88 Å². The van der Waals surface area contributed by atoms with Gasteiger partial charge in [-0.05, 0) is 47.1 Å². The predicted octanol–water partition coefficient (Wildman–Crippen LogP) is 4.12. The van der Waals surface area contributed by atoms with E-state index in [-0.39, 0.29) is 6.04 Å². The highest BCUT2D eigenvalue weighted by Crippen LogP contribution is 2.33. The molecule has 5 heteroatoms. The fourth-order valence-electron chi connectivity index (χ4n) is 2.10. The number of para-hydroxylation sites is 1. The third-order valence-corrected chi connectivity index (χ3v) is 4.70. The number of benzene rings is 1. The first-order valence-electron chi connectivity index (χ1n) is 5.89. The van der Waals surface area contributed by atoms with E-state index in [9.17, 15) is 0 Å². The molecule has 3 aromatic rings. The molecule has 1 unspecified atom stereocenters. The van der Waals surface area contributed by atoms with Gasteiger partial charge in [0.15, 0.2) is 0 Å². The molecule has 1 aromatic carbocycles. The molecule has 3 rings (SSSR count). The number of nitrogens with one attached hydrogen (secondary N) is 1.